The molecule has 45 heavy (non-hydrogen) atoms. The molecule has 3 rings (SSSR count). The van der Waals surface area contributed by atoms with E-state index in [1.54, 1.807) is 4.90 Å². The van der Waals surface area contributed by atoms with Crippen molar-refractivity contribution < 1.29 is 34.0 Å². The Bertz CT molecular complexity index is 1020. The van der Waals surface area contributed by atoms with Crippen LogP contribution in [0.5, 0.6) is 0 Å². The van der Waals surface area contributed by atoms with Crippen LogP contribution in [0.1, 0.15) is 73.6 Å². The molecule has 0 spiro atoms. The van der Waals surface area contributed by atoms with Crippen molar-refractivity contribution in [1.82, 2.24) is 9.80 Å². The van der Waals surface area contributed by atoms with Crippen LogP contribution in [0.25, 0.3) is 0 Å². The van der Waals surface area contributed by atoms with Gasteiger partial charge in [-0.3, -0.25) is 9.69 Å². The van der Waals surface area contributed by atoms with Crippen molar-refractivity contribution in [2.45, 2.75) is 110 Å². The number of nitrogens with two attached hydrogens (primary N) is 1. The molecule has 2 fully saturated rings. The number of piperazine rings is 1. The summed E-state index contributed by atoms with van der Waals surface area (Å²) in [6.07, 6.45) is 10.3. The molecule has 0 aromatic rings. The Kier molecular flexibility index (Phi) is 15.0. The van der Waals surface area contributed by atoms with Gasteiger partial charge in [-0.1, -0.05) is 58.9 Å². The van der Waals surface area contributed by atoms with Crippen LogP contribution < -0.4 is 5.73 Å². The van der Waals surface area contributed by atoms with Gasteiger partial charge in [-0.05, 0) is 56.1 Å². The summed E-state index contributed by atoms with van der Waals surface area (Å²) in [6, 6.07) is 0. The molecule has 4 N–H and O–H groups in total. The number of aliphatic hydroxyl groups is 2. The van der Waals surface area contributed by atoms with Gasteiger partial charge in [-0.2, -0.15) is 0 Å². The molecule has 0 unspecified atom stereocenters. The topological polar surface area (TPSA) is 138 Å². The first kappa shape index (κ1) is 37.2. The predicted octanol–water partition coefficient (Wildman–Crippen LogP) is 4.06. The summed E-state index contributed by atoms with van der Waals surface area (Å²) >= 11 is 0. The van der Waals surface area contributed by atoms with Gasteiger partial charge in [0.2, 0.25) is 0 Å². The van der Waals surface area contributed by atoms with Crippen molar-refractivity contribution in [2.24, 2.45) is 29.4 Å². The van der Waals surface area contributed by atoms with Crippen molar-refractivity contribution in [3.63, 3.8) is 0 Å². The van der Waals surface area contributed by atoms with Crippen LogP contribution in [-0.4, -0.2) is 108 Å². The fourth-order valence-corrected chi connectivity index (χ4v) is 6.31. The molecule has 10 nitrogen and oxygen atoms in total. The molecule has 0 aliphatic carbocycles. The molecule has 1 amide bonds. The number of hydrogen-bond donors (Lipinski definition) is 3. The van der Waals surface area contributed by atoms with Crippen LogP contribution in [0.2, 0.25) is 0 Å². The van der Waals surface area contributed by atoms with Crippen molar-refractivity contribution in [3.8, 4) is 0 Å². The highest BCUT2D eigenvalue weighted by atomic mass is 16.6. The number of aliphatic hydroxyl groups excluding tert-OH is 2. The van der Waals surface area contributed by atoms with E-state index in [-0.39, 0.29) is 54.5 Å². The molecular formula is C35H59N3O7. The Labute approximate surface area is 270 Å². The molecule has 0 radical (unpaired) electrons. The molecule has 10 heteroatoms. The van der Waals surface area contributed by atoms with E-state index in [0.29, 0.717) is 32.5 Å². The molecule has 2 saturated heterocycles. The average molecular weight is 634 g/mol. The zero-order valence-electron chi connectivity index (χ0n) is 28.3. The molecule has 3 heterocycles. The minimum atomic E-state index is -0.828. The molecule has 256 valence electrons. The molecule has 10 atom stereocenters. The zero-order valence-corrected chi connectivity index (χ0v) is 28.3. The van der Waals surface area contributed by atoms with Gasteiger partial charge in [0.25, 0.3) is 0 Å². The number of allylic oxidation sites excluding steroid dienone is 3. The number of epoxide rings is 1. The normalized spacial score (nSPS) is 33.4. The summed E-state index contributed by atoms with van der Waals surface area (Å²) in [5.74, 6) is -0.243. The number of amides is 1. The average Bonchev–Trinajstić information content (AvgIpc) is 3.78. The van der Waals surface area contributed by atoms with E-state index in [4.69, 9.17) is 19.9 Å². The fraction of sp³-hybridized carbons (Fsp3) is 0.771. The summed E-state index contributed by atoms with van der Waals surface area (Å²) in [4.78, 5) is 29.9. The highest BCUT2D eigenvalue weighted by Crippen LogP contribution is 2.36. The first-order chi connectivity index (χ1) is 21.4. The Morgan fingerprint density at radius 2 is 1.89 bits per heavy atom. The summed E-state index contributed by atoms with van der Waals surface area (Å²) in [5, 5.41) is 20.7. The summed E-state index contributed by atoms with van der Waals surface area (Å²) in [5.41, 5.74) is 6.56. The quantitative estimate of drug-likeness (QED) is 0.133. The smallest absolute Gasteiger partial charge is 0.410 e. The Balaban J connectivity index is 1.66. The fourth-order valence-electron chi connectivity index (χ4n) is 6.31. The highest BCUT2D eigenvalue weighted by molar-refractivity contribution is 5.70. The standard InChI is InChI=1S/C35H59N3O7/c1-7-29(40)27(6)34-31(43-34)21-23(2)9-8-10-25(4)33-26(5)12-14-30(24(3)11-13-28(39)22-32(41)45-33)44-35(42)38-19-17-37(16-15-36)18-20-38/h8-10,12,14,23-24,26-31,33-34,39-40H,7,11,13,15-22,36H2,1-6H3/b9-8+,14-12+,25-10+/t23-,24+,26+,27-,28-,29+,30+,31-,33-,34-/m1/s1. The van der Waals surface area contributed by atoms with Crippen molar-refractivity contribution in [1.29, 1.82) is 0 Å². The van der Waals surface area contributed by atoms with E-state index < -0.39 is 24.3 Å². The zero-order chi connectivity index (χ0) is 33.1. The van der Waals surface area contributed by atoms with Gasteiger partial charge in [0.1, 0.15) is 12.2 Å². The number of cyclic esters (lactones) is 1. The number of esters is 1. The number of rotatable bonds is 11. The summed E-state index contributed by atoms with van der Waals surface area (Å²) in [6.45, 7) is 16.3. The highest BCUT2D eigenvalue weighted by Gasteiger charge is 2.45. The Hall–Kier alpha value is -2.24. The predicted molar refractivity (Wildman–Crippen MR) is 175 cm³/mol. The van der Waals surface area contributed by atoms with Gasteiger partial charge in [0.15, 0.2) is 0 Å². The molecule has 0 aromatic carbocycles. The van der Waals surface area contributed by atoms with E-state index >= 15 is 0 Å². The number of carbonyl (C=O) groups excluding carboxylic acids is 2. The molecular weight excluding hydrogens is 574 g/mol. The summed E-state index contributed by atoms with van der Waals surface area (Å²) in [7, 11) is 0. The second-order valence-electron chi connectivity index (χ2n) is 13.5. The second kappa shape index (κ2) is 18.2. The third kappa shape index (κ3) is 11.8. The number of hydrogen-bond acceptors (Lipinski definition) is 9. The van der Waals surface area contributed by atoms with Crippen LogP contribution in [-0.2, 0) is 19.0 Å². The summed E-state index contributed by atoms with van der Waals surface area (Å²) < 4.78 is 17.8. The van der Waals surface area contributed by atoms with Crippen molar-refractivity contribution >= 4 is 12.1 Å². The molecule has 0 bridgehead atoms. The maximum Gasteiger partial charge on any atom is 0.410 e. The minimum Gasteiger partial charge on any atom is -0.457 e. The molecule has 0 saturated carbocycles. The van der Waals surface area contributed by atoms with Crippen LogP contribution in [0, 0.1) is 23.7 Å². The van der Waals surface area contributed by atoms with Crippen LogP contribution >= 0.6 is 0 Å². The van der Waals surface area contributed by atoms with Crippen LogP contribution in [0.15, 0.2) is 36.0 Å². The maximum absolute atomic E-state index is 13.1. The lowest BCUT2D eigenvalue weighted by atomic mass is 9.92. The third-order valence-electron chi connectivity index (χ3n) is 9.59. The van der Waals surface area contributed by atoms with Crippen LogP contribution in [0.3, 0.4) is 0 Å². The van der Waals surface area contributed by atoms with E-state index in [1.165, 1.54) is 0 Å². The van der Waals surface area contributed by atoms with E-state index in [0.717, 1.165) is 38.0 Å². The van der Waals surface area contributed by atoms with Gasteiger partial charge >= 0.3 is 12.1 Å². The van der Waals surface area contributed by atoms with Crippen molar-refractivity contribution in [2.75, 3.05) is 39.3 Å². The van der Waals surface area contributed by atoms with Gasteiger partial charge in [-0.15, -0.1) is 0 Å². The third-order valence-corrected chi connectivity index (χ3v) is 9.59. The van der Waals surface area contributed by atoms with E-state index in [2.05, 4.69) is 17.9 Å². The van der Waals surface area contributed by atoms with Crippen molar-refractivity contribution in [3.05, 3.63) is 36.0 Å². The Morgan fingerprint density at radius 1 is 1.18 bits per heavy atom. The van der Waals surface area contributed by atoms with Gasteiger partial charge in [0.05, 0.1) is 30.8 Å². The first-order valence-electron chi connectivity index (χ1n) is 17.1. The number of nitrogens with zero attached hydrogens (tertiary/aromatic N) is 2. The maximum atomic E-state index is 13.1. The SMILES string of the molecule is CC[C@H](O)[C@@H](C)[C@H]1O[C@@H]1C[C@H](C)/C=C/C=C(\C)[C@H]1OC(=O)C[C@H](O)CC[C@H](C)[C@@H](OC(=O)N2CCN(CCN)CC2)/C=C/[C@@H]1C. The Morgan fingerprint density at radius 3 is 2.56 bits per heavy atom. The lowest BCUT2D eigenvalue weighted by Gasteiger charge is -2.35. The van der Waals surface area contributed by atoms with Gasteiger partial charge in [-0.25, -0.2) is 4.79 Å². The van der Waals surface area contributed by atoms with E-state index in [1.807, 2.05) is 58.9 Å². The van der Waals surface area contributed by atoms with Gasteiger partial charge in [0, 0.05) is 51.1 Å². The first-order valence-corrected chi connectivity index (χ1v) is 17.1. The number of ether oxygens (including phenoxy) is 3. The minimum absolute atomic E-state index is 0.0381. The van der Waals surface area contributed by atoms with E-state index in [9.17, 15) is 19.8 Å². The molecule has 0 aromatic heterocycles. The van der Waals surface area contributed by atoms with Gasteiger partial charge < -0.3 is 35.1 Å². The number of carbonyl (C=O) groups is 2. The monoisotopic (exact) mass is 633 g/mol. The molecule has 3 aliphatic rings. The second-order valence-corrected chi connectivity index (χ2v) is 13.5. The lowest BCUT2D eigenvalue weighted by molar-refractivity contribution is -0.151. The van der Waals surface area contributed by atoms with Crippen LogP contribution in [0.4, 0.5) is 4.79 Å². The largest absolute Gasteiger partial charge is 0.457 e. The lowest BCUT2D eigenvalue weighted by Crippen LogP contribution is -2.50. The molecule has 3 aliphatic heterocycles.